The summed E-state index contributed by atoms with van der Waals surface area (Å²) >= 11 is 0. The number of likely N-dealkylation sites (tertiary alicyclic amines) is 2. The predicted octanol–water partition coefficient (Wildman–Crippen LogP) is 6.45. The van der Waals surface area contributed by atoms with Crippen LogP contribution in [0.2, 0.25) is 0 Å². The third kappa shape index (κ3) is 8.40. The molecule has 1 aromatic heterocycles. The number of amidine groups is 1. The summed E-state index contributed by atoms with van der Waals surface area (Å²) < 4.78 is 41.0. The van der Waals surface area contributed by atoms with Gasteiger partial charge in [0.2, 0.25) is 5.91 Å². The maximum atomic E-state index is 14.1. The lowest BCUT2D eigenvalue weighted by molar-refractivity contribution is -0.135. The minimum absolute atomic E-state index is 0.0376. The van der Waals surface area contributed by atoms with Gasteiger partial charge in [-0.3, -0.25) is 9.59 Å². The monoisotopic (exact) mass is 862 g/mol. The largest absolute Gasteiger partial charge is 0.453 e. The standard InChI is InChI=1S/C45H50N8O8S/c1-26(2)38(49-44(56)60-3)42(54)52-20-8-12-35(52)40-46-25-34(48-40)32-17-16-28-22-29(14-15-30(28)23-32)31-18-19-37-33(24-31)47-41(51-62(37,58)59)36-13-9-21-53(36)43(55)39(50-45(57)61-4)27-10-6-5-7-11-27/h6,10-11,14-19,22-26,35-36,38-39H,5,7-9,12-13,20-21H2,1-4H3,(H,46,48)(H,47,51)(H,49,56)(H,50,57)/t35-,36-,38-,39+/m0/s1. The summed E-state index contributed by atoms with van der Waals surface area (Å²) in [5.74, 6) is 0.154. The Morgan fingerprint density at radius 2 is 1.45 bits per heavy atom. The van der Waals surface area contributed by atoms with E-state index in [2.05, 4.69) is 36.4 Å². The number of anilines is 1. The van der Waals surface area contributed by atoms with Crippen molar-refractivity contribution in [1.82, 2.24) is 30.4 Å². The molecule has 0 bridgehead atoms. The second-order valence-corrected chi connectivity index (χ2v) is 17.8. The highest BCUT2D eigenvalue weighted by atomic mass is 32.2. The quantitative estimate of drug-likeness (QED) is 0.137. The number of hydrogen-bond donors (Lipinski definition) is 4. The van der Waals surface area contributed by atoms with Crippen LogP contribution in [0.5, 0.6) is 0 Å². The van der Waals surface area contributed by atoms with Crippen molar-refractivity contribution < 1.29 is 37.1 Å². The number of fused-ring (bicyclic) bond motifs is 2. The van der Waals surface area contributed by atoms with Crippen LogP contribution in [0.4, 0.5) is 15.3 Å². The second-order valence-electron chi connectivity index (χ2n) is 16.2. The fourth-order valence-corrected chi connectivity index (χ4v) is 9.90. The van der Waals surface area contributed by atoms with Crippen molar-refractivity contribution in [2.45, 2.75) is 81.4 Å². The normalized spacial score (nSPS) is 20.1. The van der Waals surface area contributed by atoms with E-state index in [4.69, 9.17) is 9.47 Å². The first kappa shape index (κ1) is 42.2. The van der Waals surface area contributed by atoms with Crippen molar-refractivity contribution in [3.63, 3.8) is 0 Å². The first-order valence-electron chi connectivity index (χ1n) is 20.9. The smallest absolute Gasteiger partial charge is 0.407 e. The van der Waals surface area contributed by atoms with E-state index in [1.165, 1.54) is 14.2 Å². The van der Waals surface area contributed by atoms with Gasteiger partial charge in [-0.15, -0.1) is 4.40 Å². The molecule has 3 aliphatic heterocycles. The van der Waals surface area contributed by atoms with E-state index >= 15 is 0 Å². The van der Waals surface area contributed by atoms with Crippen LogP contribution in [-0.2, 0) is 29.1 Å². The van der Waals surface area contributed by atoms with Gasteiger partial charge >= 0.3 is 12.2 Å². The number of amides is 4. The number of hydrogen-bond acceptors (Lipinski definition) is 10. The molecule has 0 saturated carbocycles. The summed E-state index contributed by atoms with van der Waals surface area (Å²) in [6.07, 6.45) is 10.3. The topological polar surface area (TPSA) is 204 Å². The second kappa shape index (κ2) is 17.5. The molecule has 0 spiro atoms. The summed E-state index contributed by atoms with van der Waals surface area (Å²) in [5, 5.41) is 10.6. The van der Waals surface area contributed by atoms with Crippen LogP contribution in [0.1, 0.15) is 64.2 Å². The number of carbonyl (C=O) groups is 4. The van der Waals surface area contributed by atoms with Crippen LogP contribution in [0.3, 0.4) is 0 Å². The number of alkyl carbamates (subject to hydrolysis) is 2. The fraction of sp³-hybridized carbons (Fsp3) is 0.378. The molecule has 4 heterocycles. The molecule has 16 nitrogen and oxygen atoms in total. The lowest BCUT2D eigenvalue weighted by Crippen LogP contribution is -2.53. The SMILES string of the molecule is COC(=O)N[C@@H](C(=O)N1CCC[C@H]1C1=NS(=O)(=O)c2ccc(-c3ccc4cc(-c5cnc([C@@H]6CCCN6C(=O)[C@@H](NC(=O)OC)C(C)C)[nH]5)ccc4c3)cc2N1)C1=CCCC=C1. The Kier molecular flexibility index (Phi) is 11.9. The molecule has 2 saturated heterocycles. The molecule has 0 radical (unpaired) electrons. The maximum Gasteiger partial charge on any atom is 0.407 e. The van der Waals surface area contributed by atoms with Gasteiger partial charge in [0.1, 0.15) is 28.6 Å². The van der Waals surface area contributed by atoms with Crippen molar-refractivity contribution in [3.8, 4) is 22.4 Å². The zero-order valence-electron chi connectivity index (χ0n) is 35.0. The van der Waals surface area contributed by atoms with Gasteiger partial charge < -0.3 is 40.2 Å². The van der Waals surface area contributed by atoms with E-state index in [0.717, 1.165) is 58.8 Å². The number of allylic oxidation sites excluding steroid dienone is 2. The van der Waals surface area contributed by atoms with E-state index < -0.39 is 40.3 Å². The van der Waals surface area contributed by atoms with Crippen molar-refractivity contribution in [3.05, 3.63) is 90.4 Å². The number of aromatic nitrogens is 2. The highest BCUT2D eigenvalue weighted by Crippen LogP contribution is 2.37. The molecule has 62 heavy (non-hydrogen) atoms. The van der Waals surface area contributed by atoms with E-state index in [0.29, 0.717) is 43.0 Å². The summed E-state index contributed by atoms with van der Waals surface area (Å²) in [7, 11) is -1.59. The number of nitrogens with one attached hydrogen (secondary N) is 4. The third-order valence-corrected chi connectivity index (χ3v) is 13.3. The number of ether oxygens (including phenoxy) is 2. The number of H-pyrrole nitrogens is 1. The molecule has 1 aliphatic carbocycles. The lowest BCUT2D eigenvalue weighted by atomic mass is 9.98. The number of carbonyl (C=O) groups excluding carboxylic acids is 4. The molecular weight excluding hydrogens is 813 g/mol. The highest BCUT2D eigenvalue weighted by molar-refractivity contribution is 7.90. The van der Waals surface area contributed by atoms with Crippen molar-refractivity contribution in [2.24, 2.45) is 10.3 Å². The van der Waals surface area contributed by atoms with Crippen LogP contribution >= 0.6 is 0 Å². The summed E-state index contributed by atoms with van der Waals surface area (Å²) in [5.41, 5.74) is 4.39. The number of rotatable bonds is 10. The van der Waals surface area contributed by atoms with Crippen LogP contribution in [0.25, 0.3) is 33.2 Å². The molecule has 4 aliphatic rings. The molecule has 0 unspecified atom stereocenters. The third-order valence-electron chi connectivity index (χ3n) is 12.0. The Hall–Kier alpha value is -6.49. The molecule has 8 rings (SSSR count). The van der Waals surface area contributed by atoms with Crippen LogP contribution in [0.15, 0.2) is 93.9 Å². The van der Waals surface area contributed by atoms with Crippen LogP contribution in [0, 0.1) is 5.92 Å². The number of methoxy groups -OCH3 is 2. The number of benzene rings is 3. The first-order valence-corrected chi connectivity index (χ1v) is 22.3. The molecule has 4 amide bonds. The van der Waals surface area contributed by atoms with Gasteiger partial charge in [-0.2, -0.15) is 8.42 Å². The minimum atomic E-state index is -4.10. The van der Waals surface area contributed by atoms with Gasteiger partial charge in [0, 0.05) is 18.7 Å². The Balaban J connectivity index is 0.999. The van der Waals surface area contributed by atoms with Gasteiger partial charge in [-0.1, -0.05) is 62.4 Å². The zero-order valence-corrected chi connectivity index (χ0v) is 35.8. The molecule has 4 aromatic rings. The van der Waals surface area contributed by atoms with Gasteiger partial charge in [-0.05, 0) is 96.2 Å². The highest BCUT2D eigenvalue weighted by Gasteiger charge is 2.41. The summed E-state index contributed by atoms with van der Waals surface area (Å²) in [6.45, 7) is 4.69. The van der Waals surface area contributed by atoms with Gasteiger partial charge in [0.05, 0.1) is 43.9 Å². The average Bonchev–Trinajstić information content (AvgIpc) is 4.08. The van der Waals surface area contributed by atoms with Crippen LogP contribution < -0.4 is 16.0 Å². The zero-order chi connectivity index (χ0) is 43.7. The van der Waals surface area contributed by atoms with E-state index in [1.54, 1.807) is 34.2 Å². The first-order chi connectivity index (χ1) is 29.8. The number of sulfonamides is 1. The molecule has 4 N–H and O–H groups in total. The molecule has 4 atom stereocenters. The van der Waals surface area contributed by atoms with Crippen molar-refractivity contribution >= 4 is 56.3 Å². The Labute approximate surface area is 359 Å². The van der Waals surface area contributed by atoms with E-state index in [9.17, 15) is 27.6 Å². The van der Waals surface area contributed by atoms with Gasteiger partial charge in [0.25, 0.3) is 15.9 Å². The predicted molar refractivity (Wildman–Crippen MR) is 234 cm³/mol. The molecule has 2 fully saturated rings. The average molecular weight is 863 g/mol. The maximum absolute atomic E-state index is 14.1. The number of aromatic amines is 1. The minimum Gasteiger partial charge on any atom is -0.453 e. The molecule has 3 aromatic carbocycles. The van der Waals surface area contributed by atoms with E-state index in [-0.39, 0.29) is 34.5 Å². The van der Waals surface area contributed by atoms with Crippen molar-refractivity contribution in [1.29, 1.82) is 0 Å². The Morgan fingerprint density at radius 3 is 2.15 bits per heavy atom. The van der Waals surface area contributed by atoms with E-state index in [1.807, 2.05) is 62.4 Å². The fourth-order valence-electron chi connectivity index (χ4n) is 8.75. The Bertz CT molecular complexity index is 2640. The van der Waals surface area contributed by atoms with Gasteiger partial charge in [0.15, 0.2) is 0 Å². The molecule has 17 heteroatoms. The summed E-state index contributed by atoms with van der Waals surface area (Å²) in [6, 6.07) is 14.6. The number of nitrogens with zero attached hydrogens (tertiary/aromatic N) is 4. The van der Waals surface area contributed by atoms with Crippen molar-refractivity contribution in [2.75, 3.05) is 32.6 Å². The Morgan fingerprint density at radius 1 is 0.806 bits per heavy atom. The van der Waals surface area contributed by atoms with Crippen LogP contribution in [-0.4, -0.2) is 103 Å². The van der Waals surface area contributed by atoms with Gasteiger partial charge in [-0.25, -0.2) is 14.6 Å². The summed E-state index contributed by atoms with van der Waals surface area (Å²) in [4.78, 5) is 63.6. The molecule has 324 valence electrons. The lowest BCUT2D eigenvalue weighted by Gasteiger charge is -2.32. The number of imidazole rings is 1. The molecular formula is C45H50N8O8S.